The van der Waals surface area contributed by atoms with Crippen LogP contribution in [0.5, 0.6) is 5.75 Å². The summed E-state index contributed by atoms with van der Waals surface area (Å²) in [7, 11) is 0. The topological polar surface area (TPSA) is 34.1 Å². The molecule has 1 aromatic carbocycles. The number of para-hydroxylation sites is 1. The van der Waals surface area contributed by atoms with Gasteiger partial charge in [0.1, 0.15) is 5.52 Å². The predicted octanol–water partition coefficient (Wildman–Crippen LogP) is 4.22. The molecule has 0 saturated heterocycles. The first-order chi connectivity index (χ1) is 9.65. The Balaban J connectivity index is 2.59. The molecule has 0 bridgehead atoms. The molecular weight excluding hydrogens is 262 g/mol. The van der Waals surface area contributed by atoms with Crippen LogP contribution in [-0.2, 0) is 6.42 Å². The van der Waals surface area contributed by atoms with E-state index >= 15 is 0 Å². The summed E-state index contributed by atoms with van der Waals surface area (Å²) in [6.45, 7) is 1.95. The van der Waals surface area contributed by atoms with Crippen molar-refractivity contribution in [3.63, 3.8) is 0 Å². The van der Waals surface area contributed by atoms with Crippen LogP contribution in [0.3, 0.4) is 0 Å². The van der Waals surface area contributed by atoms with Gasteiger partial charge < -0.3 is 10.1 Å². The van der Waals surface area contributed by atoms with Crippen LogP contribution >= 0.6 is 0 Å². The van der Waals surface area contributed by atoms with Crippen molar-refractivity contribution >= 4 is 16.6 Å². The monoisotopic (exact) mass is 280 g/mol. The SMILES string of the molecule is CCCc1cc(NCC)c2cccc(OC(F)F)c2n1. The van der Waals surface area contributed by atoms with Gasteiger partial charge in [-0.25, -0.2) is 4.98 Å². The fourth-order valence-corrected chi connectivity index (χ4v) is 2.19. The molecule has 20 heavy (non-hydrogen) atoms. The van der Waals surface area contributed by atoms with E-state index in [0.717, 1.165) is 36.2 Å². The summed E-state index contributed by atoms with van der Waals surface area (Å²) in [5.41, 5.74) is 2.26. The number of fused-ring (bicyclic) bond motifs is 1. The van der Waals surface area contributed by atoms with Crippen LogP contribution in [0.25, 0.3) is 10.9 Å². The number of pyridine rings is 1. The van der Waals surface area contributed by atoms with Gasteiger partial charge in [-0.15, -0.1) is 0 Å². The molecule has 0 aliphatic heterocycles. The zero-order chi connectivity index (χ0) is 14.5. The lowest BCUT2D eigenvalue weighted by Gasteiger charge is -2.13. The van der Waals surface area contributed by atoms with Crippen molar-refractivity contribution in [3.05, 3.63) is 30.0 Å². The van der Waals surface area contributed by atoms with Crippen molar-refractivity contribution < 1.29 is 13.5 Å². The molecule has 3 nitrogen and oxygen atoms in total. The highest BCUT2D eigenvalue weighted by Gasteiger charge is 2.12. The third-order valence-electron chi connectivity index (χ3n) is 2.94. The Hall–Kier alpha value is -1.91. The van der Waals surface area contributed by atoms with Gasteiger partial charge in [-0.05, 0) is 25.5 Å². The van der Waals surface area contributed by atoms with Crippen molar-refractivity contribution in [2.24, 2.45) is 0 Å². The molecule has 108 valence electrons. The molecule has 1 N–H and O–H groups in total. The summed E-state index contributed by atoms with van der Waals surface area (Å²) >= 11 is 0. The minimum absolute atomic E-state index is 0.120. The van der Waals surface area contributed by atoms with Crippen LogP contribution in [0.15, 0.2) is 24.3 Å². The molecule has 0 fully saturated rings. The average Bonchev–Trinajstić information content (AvgIpc) is 2.40. The molecule has 0 saturated carbocycles. The zero-order valence-corrected chi connectivity index (χ0v) is 11.6. The van der Waals surface area contributed by atoms with Crippen LogP contribution in [0.4, 0.5) is 14.5 Å². The lowest BCUT2D eigenvalue weighted by Crippen LogP contribution is -2.05. The number of benzene rings is 1. The second-order valence-corrected chi connectivity index (χ2v) is 4.47. The highest BCUT2D eigenvalue weighted by molar-refractivity contribution is 5.95. The van der Waals surface area contributed by atoms with Gasteiger partial charge in [0.25, 0.3) is 0 Å². The Bertz CT molecular complexity index is 587. The van der Waals surface area contributed by atoms with Gasteiger partial charge in [0, 0.05) is 23.3 Å². The number of nitrogens with one attached hydrogen (secondary N) is 1. The Labute approximate surface area is 117 Å². The Morgan fingerprint density at radius 3 is 2.75 bits per heavy atom. The fraction of sp³-hybridized carbons (Fsp3) is 0.400. The highest BCUT2D eigenvalue weighted by atomic mass is 19.3. The first-order valence-electron chi connectivity index (χ1n) is 6.77. The molecule has 0 atom stereocenters. The molecule has 0 spiro atoms. The van der Waals surface area contributed by atoms with Gasteiger partial charge in [0.2, 0.25) is 0 Å². The van der Waals surface area contributed by atoms with Crippen molar-refractivity contribution in [2.45, 2.75) is 33.3 Å². The minimum atomic E-state index is -2.85. The van der Waals surface area contributed by atoms with E-state index in [4.69, 9.17) is 0 Å². The van der Waals surface area contributed by atoms with E-state index in [1.165, 1.54) is 6.07 Å². The number of anilines is 1. The third-order valence-corrected chi connectivity index (χ3v) is 2.94. The van der Waals surface area contributed by atoms with E-state index < -0.39 is 6.61 Å². The van der Waals surface area contributed by atoms with E-state index in [-0.39, 0.29) is 5.75 Å². The quantitative estimate of drug-likeness (QED) is 0.860. The average molecular weight is 280 g/mol. The van der Waals surface area contributed by atoms with Gasteiger partial charge in [0.15, 0.2) is 5.75 Å². The first-order valence-corrected chi connectivity index (χ1v) is 6.77. The minimum Gasteiger partial charge on any atom is -0.432 e. The Morgan fingerprint density at radius 1 is 1.30 bits per heavy atom. The summed E-state index contributed by atoms with van der Waals surface area (Å²) in [4.78, 5) is 4.46. The number of alkyl halides is 2. The fourth-order valence-electron chi connectivity index (χ4n) is 2.19. The van der Waals surface area contributed by atoms with Gasteiger partial charge in [0.05, 0.1) is 0 Å². The molecule has 2 aromatic rings. The number of rotatable bonds is 6. The summed E-state index contributed by atoms with van der Waals surface area (Å²) in [5.74, 6) is 0.120. The van der Waals surface area contributed by atoms with Crippen LogP contribution in [-0.4, -0.2) is 18.1 Å². The zero-order valence-electron chi connectivity index (χ0n) is 11.6. The van der Waals surface area contributed by atoms with Crippen molar-refractivity contribution in [3.8, 4) is 5.75 Å². The van der Waals surface area contributed by atoms with Crippen molar-refractivity contribution in [1.29, 1.82) is 0 Å². The summed E-state index contributed by atoms with van der Waals surface area (Å²) < 4.78 is 29.5. The molecule has 0 amide bonds. The number of hydrogen-bond donors (Lipinski definition) is 1. The van der Waals surface area contributed by atoms with E-state index in [2.05, 4.69) is 22.0 Å². The van der Waals surface area contributed by atoms with Crippen LogP contribution in [0, 0.1) is 0 Å². The van der Waals surface area contributed by atoms with E-state index in [0.29, 0.717) is 5.52 Å². The number of aryl methyl sites for hydroxylation is 1. The maximum Gasteiger partial charge on any atom is 0.387 e. The highest BCUT2D eigenvalue weighted by Crippen LogP contribution is 2.31. The number of ether oxygens (including phenoxy) is 1. The summed E-state index contributed by atoms with van der Waals surface area (Å²) in [6.07, 6.45) is 1.75. The number of nitrogens with zero attached hydrogens (tertiary/aromatic N) is 1. The van der Waals surface area contributed by atoms with Crippen LogP contribution in [0.1, 0.15) is 26.0 Å². The molecule has 0 radical (unpaired) electrons. The Morgan fingerprint density at radius 2 is 2.10 bits per heavy atom. The van der Waals surface area contributed by atoms with Gasteiger partial charge >= 0.3 is 6.61 Å². The predicted molar refractivity (Wildman–Crippen MR) is 76.5 cm³/mol. The molecule has 0 unspecified atom stereocenters. The molecule has 2 rings (SSSR count). The lowest BCUT2D eigenvalue weighted by atomic mass is 10.1. The Kier molecular flexibility index (Phi) is 4.71. The van der Waals surface area contributed by atoms with Crippen LogP contribution in [0.2, 0.25) is 0 Å². The maximum absolute atomic E-state index is 12.5. The largest absolute Gasteiger partial charge is 0.432 e. The van der Waals surface area contributed by atoms with E-state index in [1.807, 2.05) is 19.1 Å². The molecule has 0 aliphatic rings. The number of halogens is 2. The third kappa shape index (κ3) is 3.15. The smallest absolute Gasteiger partial charge is 0.387 e. The lowest BCUT2D eigenvalue weighted by molar-refractivity contribution is -0.0489. The first kappa shape index (κ1) is 14.5. The second kappa shape index (κ2) is 6.50. The number of hydrogen-bond acceptors (Lipinski definition) is 3. The summed E-state index contributed by atoms with van der Waals surface area (Å²) in [6, 6.07) is 7.05. The maximum atomic E-state index is 12.5. The number of aromatic nitrogens is 1. The van der Waals surface area contributed by atoms with Gasteiger partial charge in [-0.3, -0.25) is 0 Å². The molecular formula is C15H18F2N2O. The van der Waals surface area contributed by atoms with Gasteiger partial charge in [-0.2, -0.15) is 8.78 Å². The molecule has 1 heterocycles. The normalized spacial score (nSPS) is 11.1. The van der Waals surface area contributed by atoms with E-state index in [9.17, 15) is 8.78 Å². The molecule has 0 aliphatic carbocycles. The van der Waals surface area contributed by atoms with E-state index in [1.54, 1.807) is 6.07 Å². The molecule has 5 heteroatoms. The van der Waals surface area contributed by atoms with Crippen molar-refractivity contribution in [1.82, 2.24) is 4.98 Å². The molecule has 1 aromatic heterocycles. The van der Waals surface area contributed by atoms with Crippen LogP contribution < -0.4 is 10.1 Å². The summed E-state index contributed by atoms with van der Waals surface area (Å²) in [5, 5.41) is 4.04. The van der Waals surface area contributed by atoms with Gasteiger partial charge in [-0.1, -0.05) is 25.5 Å². The second-order valence-electron chi connectivity index (χ2n) is 4.47. The standard InChI is InChI=1S/C15H18F2N2O/c1-3-6-10-9-12(18-4-2)11-7-5-8-13(14(11)19-10)20-15(16)17/h5,7-9,15H,3-4,6H2,1-2H3,(H,18,19). The van der Waals surface area contributed by atoms with Crippen molar-refractivity contribution in [2.75, 3.05) is 11.9 Å².